The molecule has 1 aromatic heterocycles. The fourth-order valence-electron chi connectivity index (χ4n) is 2.06. The summed E-state index contributed by atoms with van der Waals surface area (Å²) in [6, 6.07) is 8.50. The Labute approximate surface area is 126 Å². The van der Waals surface area contributed by atoms with Crippen molar-refractivity contribution in [3.8, 4) is 5.75 Å². The summed E-state index contributed by atoms with van der Waals surface area (Å²) >= 11 is 5.33. The smallest absolute Gasteiger partial charge is 0.119 e. The maximum atomic E-state index is 5.59. The predicted molar refractivity (Wildman–Crippen MR) is 85.1 cm³/mol. The summed E-state index contributed by atoms with van der Waals surface area (Å²) in [5.74, 6) is 0.925. The Kier molecular flexibility index (Phi) is 5.43. The minimum absolute atomic E-state index is 0.200. The van der Waals surface area contributed by atoms with Gasteiger partial charge in [-0.15, -0.1) is 0 Å². The molecule has 0 radical (unpaired) electrons. The molecule has 2 nitrogen and oxygen atoms in total. The van der Waals surface area contributed by atoms with Crippen molar-refractivity contribution in [3.05, 3.63) is 50.6 Å². The van der Waals surface area contributed by atoms with E-state index in [0.29, 0.717) is 6.61 Å². The lowest BCUT2D eigenvalue weighted by molar-refractivity contribution is 0.339. The van der Waals surface area contributed by atoms with Crippen LogP contribution in [0.25, 0.3) is 0 Å². The summed E-state index contributed by atoms with van der Waals surface area (Å²) in [6.45, 7) is 5.74. The van der Waals surface area contributed by atoms with E-state index in [0.717, 1.165) is 16.8 Å². The van der Waals surface area contributed by atoms with Gasteiger partial charge >= 0.3 is 0 Å². The number of halogens is 1. The Morgan fingerprint density at radius 1 is 1.32 bits per heavy atom. The van der Waals surface area contributed by atoms with Crippen molar-refractivity contribution in [1.29, 1.82) is 0 Å². The predicted octanol–water partition coefficient (Wildman–Crippen LogP) is 4.61. The molecule has 1 heterocycles. The molecule has 1 aromatic carbocycles. The molecule has 1 N–H and O–H groups in total. The molecule has 0 fully saturated rings. The maximum absolute atomic E-state index is 5.59. The van der Waals surface area contributed by atoms with Crippen LogP contribution >= 0.6 is 27.3 Å². The van der Waals surface area contributed by atoms with E-state index in [-0.39, 0.29) is 6.04 Å². The van der Waals surface area contributed by atoms with Crippen LogP contribution in [0.15, 0.2) is 39.5 Å². The molecule has 0 bridgehead atoms. The van der Waals surface area contributed by atoms with Gasteiger partial charge < -0.3 is 10.1 Å². The molecule has 0 spiro atoms. The SMILES string of the molecule is CCNC(c1cccc(OCC)c1)c1cscc1Br. The molecule has 0 amide bonds. The molecule has 1 unspecified atom stereocenters. The Morgan fingerprint density at radius 3 is 2.79 bits per heavy atom. The quantitative estimate of drug-likeness (QED) is 0.829. The molecule has 102 valence electrons. The summed E-state index contributed by atoms with van der Waals surface area (Å²) in [4.78, 5) is 0. The van der Waals surface area contributed by atoms with E-state index in [2.05, 4.69) is 51.1 Å². The first-order valence-electron chi connectivity index (χ1n) is 6.44. The highest BCUT2D eigenvalue weighted by atomic mass is 79.9. The zero-order chi connectivity index (χ0) is 13.7. The van der Waals surface area contributed by atoms with Gasteiger partial charge in [-0.2, -0.15) is 11.3 Å². The molecule has 2 aromatic rings. The van der Waals surface area contributed by atoms with Crippen LogP contribution < -0.4 is 10.1 Å². The third-order valence-corrected chi connectivity index (χ3v) is 4.62. The Hall–Kier alpha value is -0.840. The topological polar surface area (TPSA) is 21.3 Å². The Balaban J connectivity index is 2.33. The summed E-state index contributed by atoms with van der Waals surface area (Å²) < 4.78 is 6.74. The first-order valence-corrected chi connectivity index (χ1v) is 8.17. The molecule has 1 atom stereocenters. The van der Waals surface area contributed by atoms with E-state index in [9.17, 15) is 0 Å². The second-order valence-electron chi connectivity index (χ2n) is 4.17. The van der Waals surface area contributed by atoms with Gasteiger partial charge in [-0.1, -0.05) is 19.1 Å². The highest BCUT2D eigenvalue weighted by Crippen LogP contribution is 2.32. The van der Waals surface area contributed by atoms with Gasteiger partial charge in [-0.3, -0.25) is 0 Å². The van der Waals surface area contributed by atoms with Crippen molar-refractivity contribution in [1.82, 2.24) is 5.32 Å². The Bertz CT molecular complexity index is 526. The molecule has 0 aliphatic heterocycles. The van der Waals surface area contributed by atoms with E-state index in [4.69, 9.17) is 4.74 Å². The Morgan fingerprint density at radius 2 is 2.16 bits per heavy atom. The lowest BCUT2D eigenvalue weighted by Crippen LogP contribution is -2.21. The fraction of sp³-hybridized carbons (Fsp3) is 0.333. The van der Waals surface area contributed by atoms with E-state index in [1.165, 1.54) is 11.1 Å². The van der Waals surface area contributed by atoms with Gasteiger partial charge in [0, 0.05) is 9.85 Å². The number of hydrogen-bond donors (Lipinski definition) is 1. The van der Waals surface area contributed by atoms with Gasteiger partial charge in [-0.25, -0.2) is 0 Å². The van der Waals surface area contributed by atoms with Crippen LogP contribution in [0.4, 0.5) is 0 Å². The number of hydrogen-bond acceptors (Lipinski definition) is 3. The van der Waals surface area contributed by atoms with Crippen molar-refractivity contribution < 1.29 is 4.74 Å². The number of nitrogens with one attached hydrogen (secondary N) is 1. The molecular weight excluding hydrogens is 322 g/mol. The van der Waals surface area contributed by atoms with Gasteiger partial charge in [0.1, 0.15) is 5.75 Å². The van der Waals surface area contributed by atoms with Crippen LogP contribution in [0.1, 0.15) is 31.0 Å². The van der Waals surface area contributed by atoms with Crippen LogP contribution in [0.5, 0.6) is 5.75 Å². The van der Waals surface area contributed by atoms with E-state index in [1.807, 2.05) is 19.1 Å². The van der Waals surface area contributed by atoms with Crippen molar-refractivity contribution in [2.24, 2.45) is 0 Å². The highest BCUT2D eigenvalue weighted by molar-refractivity contribution is 9.10. The van der Waals surface area contributed by atoms with Gasteiger partial charge in [0.25, 0.3) is 0 Å². The lowest BCUT2D eigenvalue weighted by Gasteiger charge is -2.19. The van der Waals surface area contributed by atoms with Crippen molar-refractivity contribution in [3.63, 3.8) is 0 Å². The third kappa shape index (κ3) is 3.59. The largest absolute Gasteiger partial charge is 0.494 e. The van der Waals surface area contributed by atoms with Crippen LogP contribution in [0, 0.1) is 0 Å². The van der Waals surface area contributed by atoms with Crippen LogP contribution in [-0.4, -0.2) is 13.2 Å². The number of thiophene rings is 1. The molecule has 19 heavy (non-hydrogen) atoms. The normalized spacial score (nSPS) is 12.4. The van der Waals surface area contributed by atoms with Crippen LogP contribution in [0.3, 0.4) is 0 Å². The number of rotatable bonds is 6. The first-order chi connectivity index (χ1) is 9.26. The van der Waals surface area contributed by atoms with Crippen molar-refractivity contribution in [2.45, 2.75) is 19.9 Å². The molecule has 0 saturated carbocycles. The van der Waals surface area contributed by atoms with Crippen molar-refractivity contribution >= 4 is 27.3 Å². The minimum atomic E-state index is 0.200. The van der Waals surface area contributed by atoms with E-state index >= 15 is 0 Å². The zero-order valence-electron chi connectivity index (χ0n) is 11.2. The van der Waals surface area contributed by atoms with Gasteiger partial charge in [0.05, 0.1) is 12.6 Å². The zero-order valence-corrected chi connectivity index (χ0v) is 13.6. The van der Waals surface area contributed by atoms with Gasteiger partial charge in [0.2, 0.25) is 0 Å². The lowest BCUT2D eigenvalue weighted by atomic mass is 10.0. The van der Waals surface area contributed by atoms with Gasteiger partial charge in [-0.05, 0) is 58.0 Å². The first kappa shape index (κ1) is 14.6. The fourth-order valence-corrected chi connectivity index (χ4v) is 3.61. The van der Waals surface area contributed by atoms with Crippen LogP contribution in [0.2, 0.25) is 0 Å². The second kappa shape index (κ2) is 7.08. The second-order valence-corrected chi connectivity index (χ2v) is 5.77. The molecular formula is C15H18BrNOS. The molecule has 2 rings (SSSR count). The average molecular weight is 340 g/mol. The third-order valence-electron chi connectivity index (χ3n) is 2.86. The van der Waals surface area contributed by atoms with Gasteiger partial charge in [0.15, 0.2) is 0 Å². The summed E-state index contributed by atoms with van der Waals surface area (Å²) in [7, 11) is 0. The summed E-state index contributed by atoms with van der Waals surface area (Å²) in [5, 5.41) is 7.83. The summed E-state index contributed by atoms with van der Waals surface area (Å²) in [6.07, 6.45) is 0. The number of benzene rings is 1. The molecule has 0 aliphatic rings. The standard InChI is InChI=1S/C15H18BrNOS/c1-3-17-15(13-9-19-10-14(13)16)11-6-5-7-12(8-11)18-4-2/h5-10,15,17H,3-4H2,1-2H3. The highest BCUT2D eigenvalue weighted by Gasteiger charge is 2.17. The maximum Gasteiger partial charge on any atom is 0.119 e. The molecule has 0 aliphatic carbocycles. The molecule has 0 saturated heterocycles. The average Bonchev–Trinajstić information content (AvgIpc) is 2.83. The minimum Gasteiger partial charge on any atom is -0.494 e. The molecule has 4 heteroatoms. The van der Waals surface area contributed by atoms with Crippen LogP contribution in [-0.2, 0) is 0 Å². The monoisotopic (exact) mass is 339 g/mol. The van der Waals surface area contributed by atoms with Crippen molar-refractivity contribution in [2.75, 3.05) is 13.2 Å². The number of ether oxygens (including phenoxy) is 1. The summed E-state index contributed by atoms with van der Waals surface area (Å²) in [5.41, 5.74) is 2.51. The van der Waals surface area contributed by atoms with E-state index < -0.39 is 0 Å². The van der Waals surface area contributed by atoms with E-state index in [1.54, 1.807) is 11.3 Å².